The van der Waals surface area contributed by atoms with Crippen molar-refractivity contribution in [2.45, 2.75) is 5.92 Å². The highest BCUT2D eigenvalue weighted by Gasteiger charge is 2.36. The summed E-state index contributed by atoms with van der Waals surface area (Å²) in [6.07, 6.45) is 3.37. The molecule has 4 rings (SSSR count). The van der Waals surface area contributed by atoms with Crippen molar-refractivity contribution >= 4 is 30.7 Å². The molecule has 1 aliphatic rings. The number of amides is 1. The summed E-state index contributed by atoms with van der Waals surface area (Å²) in [5.41, 5.74) is 8.29. The van der Waals surface area contributed by atoms with Crippen molar-refractivity contribution in [1.29, 1.82) is 0 Å². The maximum Gasteiger partial charge on any atom is 0.276 e. The second-order valence-corrected chi connectivity index (χ2v) is 6.54. The van der Waals surface area contributed by atoms with Crippen molar-refractivity contribution in [3.05, 3.63) is 72.2 Å². The normalized spacial score (nSPS) is 18.2. The summed E-state index contributed by atoms with van der Waals surface area (Å²) in [6.45, 7) is 1.81. The fourth-order valence-corrected chi connectivity index (χ4v) is 3.54. The van der Waals surface area contributed by atoms with Gasteiger partial charge in [-0.2, -0.15) is 0 Å². The van der Waals surface area contributed by atoms with E-state index in [0.29, 0.717) is 31.1 Å². The molecule has 2 N–H and O–H groups in total. The Morgan fingerprint density at radius 3 is 2.61 bits per heavy atom. The lowest BCUT2D eigenvalue weighted by Crippen LogP contribution is -2.30. The Morgan fingerprint density at radius 1 is 1.14 bits per heavy atom. The first-order chi connectivity index (χ1) is 12.8. The smallest absolute Gasteiger partial charge is 0.276 e. The number of hydrogen-bond acceptors (Lipinski definition) is 5. The Bertz CT molecular complexity index is 889. The van der Waals surface area contributed by atoms with Crippen LogP contribution in [0.25, 0.3) is 11.3 Å². The van der Waals surface area contributed by atoms with E-state index in [1.807, 2.05) is 35.2 Å². The number of nitrogens with two attached hydrogens (primary N) is 1. The van der Waals surface area contributed by atoms with Gasteiger partial charge in [-0.05, 0) is 30.2 Å². The van der Waals surface area contributed by atoms with E-state index in [9.17, 15) is 4.79 Å². The van der Waals surface area contributed by atoms with Crippen LogP contribution in [0.5, 0.6) is 0 Å². The Hall–Kier alpha value is -2.41. The van der Waals surface area contributed by atoms with Gasteiger partial charge in [0.2, 0.25) is 0 Å². The molecule has 1 aliphatic heterocycles. The number of benzene rings is 1. The van der Waals surface area contributed by atoms with Crippen LogP contribution in [-0.4, -0.2) is 40.6 Å². The molecule has 148 valence electrons. The number of aromatic nitrogens is 2. The van der Waals surface area contributed by atoms with E-state index in [1.165, 1.54) is 5.56 Å². The molecule has 0 saturated carbocycles. The van der Waals surface area contributed by atoms with Crippen LogP contribution in [0, 0.1) is 5.92 Å². The minimum absolute atomic E-state index is 0. The second kappa shape index (κ2) is 9.68. The monoisotopic (exact) mass is 420 g/mol. The molecule has 1 saturated heterocycles. The molecule has 1 aromatic carbocycles. The summed E-state index contributed by atoms with van der Waals surface area (Å²) >= 11 is 0. The van der Waals surface area contributed by atoms with Gasteiger partial charge in [0.1, 0.15) is 0 Å². The average molecular weight is 421 g/mol. The molecule has 1 fully saturated rings. The highest BCUT2D eigenvalue weighted by atomic mass is 35.5. The molecule has 3 heterocycles. The molecule has 0 spiro atoms. The zero-order valence-electron chi connectivity index (χ0n) is 15.1. The third kappa shape index (κ3) is 4.35. The standard InChI is InChI=1S/C20H20N4O2.2ClH/c21-10-16-12-24(13-17(16)14-5-2-1-3-6-14)20(25)18-9-19(26-23-18)15-7-4-8-22-11-15;;/h1-9,11,16-17H,10,12-13,21H2;2*1H/t16-,17+;;/m1../s1. The van der Waals surface area contributed by atoms with Gasteiger partial charge in [0.15, 0.2) is 11.5 Å². The number of likely N-dealkylation sites (tertiary alicyclic amines) is 1. The van der Waals surface area contributed by atoms with Crippen LogP contribution in [0.4, 0.5) is 0 Å². The Morgan fingerprint density at radius 2 is 1.93 bits per heavy atom. The molecule has 0 aliphatic carbocycles. The van der Waals surface area contributed by atoms with Crippen molar-refractivity contribution in [2.24, 2.45) is 11.7 Å². The molecular formula is C20H22Cl2N4O2. The van der Waals surface area contributed by atoms with Crippen molar-refractivity contribution in [3.63, 3.8) is 0 Å². The summed E-state index contributed by atoms with van der Waals surface area (Å²) in [5.74, 6) is 0.900. The van der Waals surface area contributed by atoms with Crippen molar-refractivity contribution < 1.29 is 9.32 Å². The number of carbonyl (C=O) groups is 1. The zero-order valence-corrected chi connectivity index (χ0v) is 16.7. The molecule has 8 heteroatoms. The lowest BCUT2D eigenvalue weighted by atomic mass is 9.89. The van der Waals surface area contributed by atoms with E-state index in [-0.39, 0.29) is 42.6 Å². The van der Waals surface area contributed by atoms with E-state index in [2.05, 4.69) is 22.3 Å². The van der Waals surface area contributed by atoms with Crippen molar-refractivity contribution in [3.8, 4) is 11.3 Å². The summed E-state index contributed by atoms with van der Waals surface area (Å²) in [6, 6.07) is 15.6. The molecule has 2 aromatic heterocycles. The predicted molar refractivity (Wildman–Crippen MR) is 112 cm³/mol. The summed E-state index contributed by atoms with van der Waals surface area (Å²) in [5, 5.41) is 3.96. The molecule has 28 heavy (non-hydrogen) atoms. The van der Waals surface area contributed by atoms with E-state index in [4.69, 9.17) is 10.3 Å². The summed E-state index contributed by atoms with van der Waals surface area (Å²) in [7, 11) is 0. The van der Waals surface area contributed by atoms with Crippen LogP contribution in [0.2, 0.25) is 0 Å². The Labute approximate surface area is 175 Å². The van der Waals surface area contributed by atoms with E-state index in [0.717, 1.165) is 5.56 Å². The number of pyridine rings is 1. The van der Waals surface area contributed by atoms with Crippen LogP contribution in [0.1, 0.15) is 22.0 Å². The SMILES string of the molecule is Cl.Cl.NC[C@@H]1CN(C(=O)c2cc(-c3cccnc3)on2)C[C@H]1c1ccccc1. The molecule has 0 radical (unpaired) electrons. The zero-order chi connectivity index (χ0) is 17.9. The first-order valence-electron chi connectivity index (χ1n) is 8.67. The van der Waals surface area contributed by atoms with Crippen molar-refractivity contribution in [2.75, 3.05) is 19.6 Å². The largest absolute Gasteiger partial charge is 0.355 e. The van der Waals surface area contributed by atoms with Crippen LogP contribution in [0.15, 0.2) is 65.4 Å². The quantitative estimate of drug-likeness (QED) is 0.698. The minimum Gasteiger partial charge on any atom is -0.355 e. The first kappa shape index (κ1) is 21.9. The topological polar surface area (TPSA) is 85.2 Å². The number of rotatable bonds is 4. The van der Waals surface area contributed by atoms with Gasteiger partial charge in [0.05, 0.1) is 0 Å². The minimum atomic E-state index is -0.124. The van der Waals surface area contributed by atoms with Gasteiger partial charge < -0.3 is 15.2 Å². The van der Waals surface area contributed by atoms with Gasteiger partial charge in [-0.1, -0.05) is 35.5 Å². The number of halogens is 2. The molecule has 3 aromatic rings. The Kier molecular flexibility index (Phi) is 7.57. The van der Waals surface area contributed by atoms with Crippen LogP contribution >= 0.6 is 24.8 Å². The third-order valence-electron chi connectivity index (χ3n) is 4.93. The van der Waals surface area contributed by atoms with Gasteiger partial charge in [-0.25, -0.2) is 0 Å². The molecule has 2 atom stereocenters. The van der Waals surface area contributed by atoms with Gasteiger partial charge in [0.25, 0.3) is 5.91 Å². The lowest BCUT2D eigenvalue weighted by molar-refractivity contribution is 0.0776. The molecule has 6 nitrogen and oxygen atoms in total. The maximum absolute atomic E-state index is 12.9. The molecule has 0 unspecified atom stereocenters. The van der Waals surface area contributed by atoms with Gasteiger partial charge in [0, 0.05) is 43.0 Å². The predicted octanol–water partition coefficient (Wildman–Crippen LogP) is 3.39. The number of nitrogens with zero attached hydrogens (tertiary/aromatic N) is 3. The maximum atomic E-state index is 12.9. The van der Waals surface area contributed by atoms with Crippen LogP contribution in [-0.2, 0) is 0 Å². The van der Waals surface area contributed by atoms with Crippen LogP contribution < -0.4 is 5.73 Å². The van der Waals surface area contributed by atoms with E-state index in [1.54, 1.807) is 18.5 Å². The second-order valence-electron chi connectivity index (χ2n) is 6.54. The van der Waals surface area contributed by atoms with Gasteiger partial charge in [-0.3, -0.25) is 9.78 Å². The number of carbonyl (C=O) groups excluding carboxylic acids is 1. The molecular weight excluding hydrogens is 399 g/mol. The highest BCUT2D eigenvalue weighted by Crippen LogP contribution is 2.33. The van der Waals surface area contributed by atoms with Gasteiger partial charge in [-0.15, -0.1) is 24.8 Å². The average Bonchev–Trinajstić information content (AvgIpc) is 3.36. The fraction of sp³-hybridized carbons (Fsp3) is 0.250. The fourth-order valence-electron chi connectivity index (χ4n) is 3.54. The van der Waals surface area contributed by atoms with Crippen LogP contribution in [0.3, 0.4) is 0 Å². The third-order valence-corrected chi connectivity index (χ3v) is 4.93. The highest BCUT2D eigenvalue weighted by molar-refractivity contribution is 5.93. The molecule has 0 bridgehead atoms. The number of hydrogen-bond donors (Lipinski definition) is 1. The van der Waals surface area contributed by atoms with Crippen molar-refractivity contribution in [1.82, 2.24) is 15.0 Å². The van der Waals surface area contributed by atoms with E-state index < -0.39 is 0 Å². The van der Waals surface area contributed by atoms with Gasteiger partial charge >= 0.3 is 0 Å². The summed E-state index contributed by atoms with van der Waals surface area (Å²) < 4.78 is 5.33. The Balaban J connectivity index is 0.00000140. The summed E-state index contributed by atoms with van der Waals surface area (Å²) in [4.78, 5) is 18.8. The van der Waals surface area contributed by atoms with E-state index >= 15 is 0 Å². The lowest BCUT2D eigenvalue weighted by Gasteiger charge is -2.16. The molecule has 1 amide bonds. The first-order valence-corrected chi connectivity index (χ1v) is 8.67.